The first kappa shape index (κ1) is 15.5. The number of carbonyl (C=O) groups is 1. The van der Waals surface area contributed by atoms with Crippen molar-refractivity contribution in [1.82, 2.24) is 5.32 Å². The molecule has 0 aliphatic heterocycles. The standard InChI is InChI=1S/C16H16ClFN2O/c1-16(19,12-5-3-2-4-6-12)15(21)20-10-11-7-8-14(18)13(17)9-11/h2-9H,10,19H2,1H3,(H,20,21). The molecule has 0 saturated heterocycles. The average Bonchev–Trinajstić information content (AvgIpc) is 2.49. The van der Waals surface area contributed by atoms with Crippen molar-refractivity contribution in [3.05, 3.63) is 70.5 Å². The van der Waals surface area contributed by atoms with Gasteiger partial charge in [-0.2, -0.15) is 0 Å². The van der Waals surface area contributed by atoms with Gasteiger partial charge in [0.25, 0.3) is 0 Å². The molecule has 1 amide bonds. The van der Waals surface area contributed by atoms with Crippen molar-refractivity contribution in [1.29, 1.82) is 0 Å². The van der Waals surface area contributed by atoms with Crippen LogP contribution in [0.3, 0.4) is 0 Å². The van der Waals surface area contributed by atoms with E-state index in [2.05, 4.69) is 5.32 Å². The van der Waals surface area contributed by atoms with Gasteiger partial charge in [0, 0.05) is 6.54 Å². The Bertz CT molecular complexity index is 644. The zero-order valence-corrected chi connectivity index (χ0v) is 12.3. The highest BCUT2D eigenvalue weighted by molar-refractivity contribution is 6.30. The minimum absolute atomic E-state index is 0.0281. The lowest BCUT2D eigenvalue weighted by Crippen LogP contribution is -2.48. The second kappa shape index (κ2) is 6.24. The lowest BCUT2D eigenvalue weighted by atomic mass is 9.92. The quantitative estimate of drug-likeness (QED) is 0.912. The van der Waals surface area contributed by atoms with Crippen LogP contribution in [0.15, 0.2) is 48.5 Å². The van der Waals surface area contributed by atoms with Crippen LogP contribution in [0.5, 0.6) is 0 Å². The van der Waals surface area contributed by atoms with E-state index in [-0.39, 0.29) is 17.5 Å². The van der Waals surface area contributed by atoms with E-state index in [1.165, 1.54) is 12.1 Å². The van der Waals surface area contributed by atoms with Crippen LogP contribution in [0.1, 0.15) is 18.1 Å². The van der Waals surface area contributed by atoms with E-state index in [9.17, 15) is 9.18 Å². The van der Waals surface area contributed by atoms with Gasteiger partial charge in [-0.3, -0.25) is 4.79 Å². The molecular formula is C16H16ClFN2O. The number of rotatable bonds is 4. The Morgan fingerprint density at radius 2 is 1.95 bits per heavy atom. The summed E-state index contributed by atoms with van der Waals surface area (Å²) >= 11 is 5.70. The lowest BCUT2D eigenvalue weighted by molar-refractivity contribution is -0.126. The van der Waals surface area contributed by atoms with Gasteiger partial charge in [-0.25, -0.2) is 4.39 Å². The summed E-state index contributed by atoms with van der Waals surface area (Å²) in [4.78, 5) is 12.2. The van der Waals surface area contributed by atoms with E-state index in [0.29, 0.717) is 5.56 Å². The van der Waals surface area contributed by atoms with Crippen molar-refractivity contribution in [2.75, 3.05) is 0 Å². The summed E-state index contributed by atoms with van der Waals surface area (Å²) in [7, 11) is 0. The van der Waals surface area contributed by atoms with E-state index in [4.69, 9.17) is 17.3 Å². The van der Waals surface area contributed by atoms with E-state index in [1.54, 1.807) is 25.1 Å². The van der Waals surface area contributed by atoms with Crippen LogP contribution in [-0.2, 0) is 16.9 Å². The van der Waals surface area contributed by atoms with Crippen LogP contribution >= 0.6 is 11.6 Å². The van der Waals surface area contributed by atoms with Crippen molar-refractivity contribution >= 4 is 17.5 Å². The molecule has 1 atom stereocenters. The maximum Gasteiger partial charge on any atom is 0.244 e. The molecule has 0 aromatic heterocycles. The number of benzene rings is 2. The maximum atomic E-state index is 13.1. The molecule has 2 aromatic rings. The molecule has 0 aliphatic carbocycles. The summed E-state index contributed by atoms with van der Waals surface area (Å²) in [6, 6.07) is 13.4. The summed E-state index contributed by atoms with van der Waals surface area (Å²) in [5, 5.41) is 2.77. The molecule has 1 unspecified atom stereocenters. The van der Waals surface area contributed by atoms with Gasteiger partial charge in [0.15, 0.2) is 0 Å². The van der Waals surface area contributed by atoms with Crippen LogP contribution in [-0.4, -0.2) is 5.91 Å². The average molecular weight is 307 g/mol. The molecule has 0 bridgehead atoms. The van der Waals surface area contributed by atoms with Crippen molar-refractivity contribution in [3.8, 4) is 0 Å². The summed E-state index contributed by atoms with van der Waals surface area (Å²) in [5.74, 6) is -0.797. The molecule has 0 fully saturated rings. The lowest BCUT2D eigenvalue weighted by Gasteiger charge is -2.24. The predicted molar refractivity (Wildman–Crippen MR) is 81.2 cm³/mol. The summed E-state index contributed by atoms with van der Waals surface area (Å²) < 4.78 is 13.1. The van der Waals surface area contributed by atoms with Gasteiger partial charge >= 0.3 is 0 Å². The molecule has 110 valence electrons. The van der Waals surface area contributed by atoms with Crippen molar-refractivity contribution in [2.24, 2.45) is 5.73 Å². The predicted octanol–water partition coefficient (Wildman–Crippen LogP) is 2.97. The first-order chi connectivity index (χ1) is 9.91. The molecule has 0 heterocycles. The summed E-state index contributed by atoms with van der Waals surface area (Å²) in [5.41, 5.74) is 6.40. The second-order valence-corrected chi connectivity index (χ2v) is 5.41. The van der Waals surface area contributed by atoms with Crippen LogP contribution in [0.4, 0.5) is 4.39 Å². The normalized spacial score (nSPS) is 13.5. The Kier molecular flexibility index (Phi) is 4.60. The van der Waals surface area contributed by atoms with Crippen LogP contribution < -0.4 is 11.1 Å². The minimum atomic E-state index is -1.13. The van der Waals surface area contributed by atoms with Gasteiger partial charge < -0.3 is 11.1 Å². The van der Waals surface area contributed by atoms with Gasteiger partial charge in [-0.05, 0) is 30.2 Å². The number of halogens is 2. The molecular weight excluding hydrogens is 291 g/mol. The Morgan fingerprint density at radius 3 is 2.57 bits per heavy atom. The molecule has 0 aliphatic rings. The van der Waals surface area contributed by atoms with E-state index >= 15 is 0 Å². The number of nitrogens with one attached hydrogen (secondary N) is 1. The van der Waals surface area contributed by atoms with Gasteiger partial charge in [0.05, 0.1) is 5.02 Å². The molecule has 0 saturated carbocycles. The molecule has 3 N–H and O–H groups in total. The first-order valence-corrected chi connectivity index (χ1v) is 6.85. The van der Waals surface area contributed by atoms with E-state index < -0.39 is 11.4 Å². The second-order valence-electron chi connectivity index (χ2n) is 5.00. The largest absolute Gasteiger partial charge is 0.350 e. The summed E-state index contributed by atoms with van der Waals surface area (Å²) in [6.45, 7) is 1.88. The highest BCUT2D eigenvalue weighted by atomic mass is 35.5. The van der Waals surface area contributed by atoms with Crippen LogP contribution in [0.25, 0.3) is 0 Å². The third-order valence-corrected chi connectivity index (χ3v) is 3.57. The van der Waals surface area contributed by atoms with Crippen molar-refractivity contribution < 1.29 is 9.18 Å². The van der Waals surface area contributed by atoms with Crippen molar-refractivity contribution in [3.63, 3.8) is 0 Å². The van der Waals surface area contributed by atoms with E-state index in [1.807, 2.05) is 18.2 Å². The number of hydrogen-bond donors (Lipinski definition) is 2. The molecule has 0 radical (unpaired) electrons. The zero-order chi connectivity index (χ0) is 15.5. The third-order valence-electron chi connectivity index (χ3n) is 3.28. The highest BCUT2D eigenvalue weighted by Gasteiger charge is 2.29. The smallest absolute Gasteiger partial charge is 0.244 e. The molecule has 21 heavy (non-hydrogen) atoms. The molecule has 2 rings (SSSR count). The SMILES string of the molecule is CC(N)(C(=O)NCc1ccc(F)c(Cl)c1)c1ccccc1. The summed E-state index contributed by atoms with van der Waals surface area (Å²) in [6.07, 6.45) is 0. The number of nitrogens with two attached hydrogens (primary N) is 1. The first-order valence-electron chi connectivity index (χ1n) is 6.48. The van der Waals surface area contributed by atoms with Crippen molar-refractivity contribution in [2.45, 2.75) is 19.0 Å². The minimum Gasteiger partial charge on any atom is -0.350 e. The fraction of sp³-hybridized carbons (Fsp3) is 0.188. The Labute approximate surface area is 127 Å². The zero-order valence-electron chi connectivity index (χ0n) is 11.6. The van der Waals surface area contributed by atoms with E-state index in [0.717, 1.165) is 5.56 Å². The molecule has 3 nitrogen and oxygen atoms in total. The Morgan fingerprint density at radius 1 is 1.29 bits per heavy atom. The highest BCUT2D eigenvalue weighted by Crippen LogP contribution is 2.19. The van der Waals surface area contributed by atoms with Gasteiger partial charge in [-0.15, -0.1) is 0 Å². The topological polar surface area (TPSA) is 55.1 Å². The Balaban J connectivity index is 2.06. The van der Waals surface area contributed by atoms with Crippen LogP contribution in [0.2, 0.25) is 5.02 Å². The maximum absolute atomic E-state index is 13.1. The molecule has 0 spiro atoms. The van der Waals surface area contributed by atoms with Gasteiger partial charge in [-0.1, -0.05) is 48.0 Å². The molecule has 2 aromatic carbocycles. The number of carbonyl (C=O) groups excluding carboxylic acids is 1. The fourth-order valence-electron chi connectivity index (χ4n) is 1.93. The van der Waals surface area contributed by atoms with Gasteiger partial charge in [0.2, 0.25) is 5.91 Å². The van der Waals surface area contributed by atoms with Gasteiger partial charge in [0.1, 0.15) is 11.4 Å². The Hall–Kier alpha value is -1.91. The fourth-order valence-corrected chi connectivity index (χ4v) is 2.13. The third kappa shape index (κ3) is 3.60. The molecule has 5 heteroatoms. The van der Waals surface area contributed by atoms with Crippen LogP contribution in [0, 0.1) is 5.82 Å². The number of hydrogen-bond acceptors (Lipinski definition) is 2. The monoisotopic (exact) mass is 306 g/mol. The number of amides is 1.